The second-order valence-corrected chi connectivity index (χ2v) is 3.07. The average molecular weight is 160 g/mol. The fourth-order valence-electron chi connectivity index (χ4n) is 1.72. The van der Waals surface area contributed by atoms with Crippen molar-refractivity contribution in [1.82, 2.24) is 0 Å². The molecule has 0 amide bonds. The summed E-state index contributed by atoms with van der Waals surface area (Å²) in [6.07, 6.45) is 6.14. The Bertz CT molecular complexity index is 313. The first-order valence-corrected chi connectivity index (χ1v) is 4.30. The lowest BCUT2D eigenvalue weighted by Crippen LogP contribution is -1.96. The van der Waals surface area contributed by atoms with E-state index in [-0.39, 0.29) is 6.61 Å². The molecule has 0 bridgehead atoms. The normalized spacial score (nSPS) is 13.4. The van der Waals surface area contributed by atoms with Crippen LogP contribution >= 0.6 is 0 Å². The van der Waals surface area contributed by atoms with Gasteiger partial charge in [0.15, 0.2) is 0 Å². The van der Waals surface area contributed by atoms with Crippen LogP contribution in [0, 0.1) is 0 Å². The first-order chi connectivity index (χ1) is 5.92. The molecule has 0 aliphatic heterocycles. The molecule has 0 radical (unpaired) electrons. The van der Waals surface area contributed by atoms with E-state index in [9.17, 15) is 0 Å². The number of rotatable bonds is 2. The molecule has 1 nitrogen and oxygen atoms in total. The Balaban J connectivity index is 2.39. The molecule has 62 valence electrons. The van der Waals surface area contributed by atoms with Crippen LogP contribution < -0.4 is 0 Å². The second-order valence-electron chi connectivity index (χ2n) is 3.07. The van der Waals surface area contributed by atoms with Crippen LogP contribution in [0.1, 0.15) is 16.7 Å². The molecule has 2 rings (SSSR count). The molecule has 0 fully saturated rings. The standard InChI is InChI=1S/C11H12O/c12-8-7-10-4-1-3-9-5-2-6-11(9)10/h1-5,12H,6-8H2. The highest BCUT2D eigenvalue weighted by Crippen LogP contribution is 2.23. The van der Waals surface area contributed by atoms with Gasteiger partial charge in [-0.25, -0.2) is 0 Å². The van der Waals surface area contributed by atoms with Gasteiger partial charge in [0, 0.05) is 6.61 Å². The third kappa shape index (κ3) is 1.16. The molecular weight excluding hydrogens is 148 g/mol. The number of aliphatic hydroxyl groups excluding tert-OH is 1. The number of fused-ring (bicyclic) bond motifs is 1. The highest BCUT2D eigenvalue weighted by atomic mass is 16.2. The van der Waals surface area contributed by atoms with E-state index in [4.69, 9.17) is 5.11 Å². The van der Waals surface area contributed by atoms with Crippen LogP contribution in [0.3, 0.4) is 0 Å². The topological polar surface area (TPSA) is 20.2 Å². The van der Waals surface area contributed by atoms with Gasteiger partial charge < -0.3 is 5.11 Å². The van der Waals surface area contributed by atoms with Gasteiger partial charge in [0.05, 0.1) is 0 Å². The summed E-state index contributed by atoms with van der Waals surface area (Å²) < 4.78 is 0. The largest absolute Gasteiger partial charge is 0.396 e. The summed E-state index contributed by atoms with van der Waals surface area (Å²) in [6, 6.07) is 6.28. The van der Waals surface area contributed by atoms with Crippen LogP contribution in [0.4, 0.5) is 0 Å². The third-order valence-corrected chi connectivity index (χ3v) is 2.31. The Morgan fingerprint density at radius 3 is 3.08 bits per heavy atom. The molecule has 1 aliphatic carbocycles. The summed E-state index contributed by atoms with van der Waals surface area (Å²) in [6.45, 7) is 0.246. The molecule has 0 unspecified atom stereocenters. The van der Waals surface area contributed by atoms with Crippen LogP contribution in [-0.4, -0.2) is 11.7 Å². The molecule has 0 aromatic heterocycles. The molecule has 1 aliphatic rings. The van der Waals surface area contributed by atoms with Gasteiger partial charge in [-0.3, -0.25) is 0 Å². The number of benzene rings is 1. The van der Waals surface area contributed by atoms with E-state index in [0.717, 1.165) is 12.8 Å². The van der Waals surface area contributed by atoms with Crippen molar-refractivity contribution >= 4 is 6.08 Å². The van der Waals surface area contributed by atoms with Crippen LogP contribution in [0.5, 0.6) is 0 Å². The van der Waals surface area contributed by atoms with Gasteiger partial charge in [-0.2, -0.15) is 0 Å². The lowest BCUT2D eigenvalue weighted by Gasteiger charge is -2.05. The second kappa shape index (κ2) is 3.11. The Morgan fingerprint density at radius 1 is 1.33 bits per heavy atom. The van der Waals surface area contributed by atoms with E-state index in [1.807, 2.05) is 0 Å². The molecule has 0 spiro atoms. The number of hydrogen-bond donors (Lipinski definition) is 1. The van der Waals surface area contributed by atoms with Crippen molar-refractivity contribution in [3.8, 4) is 0 Å². The highest BCUT2D eigenvalue weighted by Gasteiger charge is 2.08. The van der Waals surface area contributed by atoms with E-state index in [1.165, 1.54) is 16.7 Å². The van der Waals surface area contributed by atoms with Crippen molar-refractivity contribution in [3.63, 3.8) is 0 Å². The Morgan fingerprint density at radius 2 is 2.25 bits per heavy atom. The monoisotopic (exact) mass is 160 g/mol. The molecule has 1 aromatic rings. The Labute approximate surface area is 72.4 Å². The summed E-state index contributed by atoms with van der Waals surface area (Å²) in [4.78, 5) is 0. The van der Waals surface area contributed by atoms with Crippen LogP contribution in [0.25, 0.3) is 6.08 Å². The molecule has 12 heavy (non-hydrogen) atoms. The Hall–Kier alpha value is -1.08. The number of allylic oxidation sites excluding steroid dienone is 1. The predicted octanol–water partition coefficient (Wildman–Crippen LogP) is 1.79. The van der Waals surface area contributed by atoms with Gasteiger partial charge in [-0.15, -0.1) is 0 Å². The third-order valence-electron chi connectivity index (χ3n) is 2.31. The van der Waals surface area contributed by atoms with Crippen molar-refractivity contribution in [2.24, 2.45) is 0 Å². The van der Waals surface area contributed by atoms with Crippen molar-refractivity contribution in [2.45, 2.75) is 12.8 Å². The average Bonchev–Trinajstić information content (AvgIpc) is 2.53. The first kappa shape index (κ1) is 7.56. The van der Waals surface area contributed by atoms with E-state index in [1.54, 1.807) is 0 Å². The van der Waals surface area contributed by atoms with Gasteiger partial charge in [0.25, 0.3) is 0 Å². The zero-order valence-electron chi connectivity index (χ0n) is 6.96. The molecule has 1 aromatic carbocycles. The summed E-state index contributed by atoms with van der Waals surface area (Å²) in [5.41, 5.74) is 4.01. The zero-order chi connectivity index (χ0) is 8.39. The minimum absolute atomic E-state index is 0.246. The predicted molar refractivity (Wildman–Crippen MR) is 50.0 cm³/mol. The smallest absolute Gasteiger partial charge is 0.0471 e. The SMILES string of the molecule is OCCc1cccc2c1CC=C2. The molecule has 0 heterocycles. The summed E-state index contributed by atoms with van der Waals surface area (Å²) in [5.74, 6) is 0. The highest BCUT2D eigenvalue weighted by molar-refractivity contribution is 5.61. The summed E-state index contributed by atoms with van der Waals surface area (Å²) >= 11 is 0. The Kier molecular flexibility index (Phi) is 1.96. The summed E-state index contributed by atoms with van der Waals surface area (Å²) in [5, 5.41) is 8.83. The molecule has 1 N–H and O–H groups in total. The van der Waals surface area contributed by atoms with Gasteiger partial charge in [-0.1, -0.05) is 30.4 Å². The quantitative estimate of drug-likeness (QED) is 0.699. The van der Waals surface area contributed by atoms with Crippen molar-refractivity contribution in [1.29, 1.82) is 0 Å². The van der Waals surface area contributed by atoms with Gasteiger partial charge >= 0.3 is 0 Å². The van der Waals surface area contributed by atoms with E-state index >= 15 is 0 Å². The van der Waals surface area contributed by atoms with Crippen LogP contribution in [0.2, 0.25) is 0 Å². The maximum absolute atomic E-state index is 8.83. The zero-order valence-corrected chi connectivity index (χ0v) is 6.96. The minimum atomic E-state index is 0.246. The molecular formula is C11H12O. The van der Waals surface area contributed by atoms with Gasteiger partial charge in [-0.05, 0) is 29.5 Å². The lowest BCUT2D eigenvalue weighted by molar-refractivity contribution is 0.299. The van der Waals surface area contributed by atoms with Crippen LogP contribution in [0.15, 0.2) is 24.3 Å². The number of hydrogen-bond acceptors (Lipinski definition) is 1. The molecule has 0 saturated heterocycles. The maximum Gasteiger partial charge on any atom is 0.0471 e. The van der Waals surface area contributed by atoms with Crippen molar-refractivity contribution < 1.29 is 5.11 Å². The fraction of sp³-hybridized carbons (Fsp3) is 0.273. The maximum atomic E-state index is 8.83. The first-order valence-electron chi connectivity index (χ1n) is 4.30. The van der Waals surface area contributed by atoms with Gasteiger partial charge in [0.1, 0.15) is 0 Å². The minimum Gasteiger partial charge on any atom is -0.396 e. The van der Waals surface area contributed by atoms with Crippen molar-refractivity contribution in [3.05, 3.63) is 41.0 Å². The lowest BCUT2D eigenvalue weighted by atomic mass is 10.0. The molecule has 0 atom stereocenters. The van der Waals surface area contributed by atoms with Gasteiger partial charge in [0.2, 0.25) is 0 Å². The van der Waals surface area contributed by atoms with E-state index in [0.29, 0.717) is 0 Å². The van der Waals surface area contributed by atoms with Crippen LogP contribution in [-0.2, 0) is 12.8 Å². The van der Waals surface area contributed by atoms with Crippen molar-refractivity contribution in [2.75, 3.05) is 6.61 Å². The molecule has 1 heteroatoms. The van der Waals surface area contributed by atoms with E-state index in [2.05, 4.69) is 30.4 Å². The number of aliphatic hydroxyl groups is 1. The van der Waals surface area contributed by atoms with E-state index < -0.39 is 0 Å². The fourth-order valence-corrected chi connectivity index (χ4v) is 1.72. The molecule has 0 saturated carbocycles. The summed E-state index contributed by atoms with van der Waals surface area (Å²) in [7, 11) is 0.